The van der Waals surface area contributed by atoms with E-state index < -0.39 is 22.9 Å². The largest absolute Gasteiger partial charge is 0.397 e. The molecule has 33 heavy (non-hydrogen) atoms. The maximum Gasteiger partial charge on any atom is 0.272 e. The number of nitrogen functional groups attached to an aromatic ring is 1. The van der Waals surface area contributed by atoms with Gasteiger partial charge in [0.25, 0.3) is 17.5 Å². The third-order valence-corrected chi connectivity index (χ3v) is 5.68. The number of aromatic nitrogens is 1. The highest BCUT2D eigenvalue weighted by Gasteiger charge is 2.38. The van der Waals surface area contributed by atoms with Gasteiger partial charge in [0.1, 0.15) is 0 Å². The van der Waals surface area contributed by atoms with Gasteiger partial charge in [0.15, 0.2) is 0 Å². The zero-order valence-corrected chi connectivity index (χ0v) is 17.3. The molecule has 2 aliphatic rings. The van der Waals surface area contributed by atoms with E-state index >= 15 is 0 Å². The SMILES string of the molecule is Nc1cnccc1C(=O)N[C@@H]1N=C(c2ccccc2)c2cc([N+](=O)[O-])cc3c2N(CC3)C1=O. The number of amides is 2. The second-order valence-electron chi connectivity index (χ2n) is 7.68. The van der Waals surface area contributed by atoms with Crippen molar-refractivity contribution in [1.82, 2.24) is 10.3 Å². The van der Waals surface area contributed by atoms with Gasteiger partial charge in [-0.15, -0.1) is 0 Å². The molecule has 1 atom stereocenters. The number of nitrogens with two attached hydrogens (primary N) is 1. The van der Waals surface area contributed by atoms with Gasteiger partial charge in [-0.1, -0.05) is 30.3 Å². The Kier molecular flexibility index (Phi) is 4.82. The van der Waals surface area contributed by atoms with Crippen LogP contribution in [-0.2, 0) is 11.2 Å². The zero-order chi connectivity index (χ0) is 23.1. The molecule has 2 aliphatic heterocycles. The van der Waals surface area contributed by atoms with Crippen molar-refractivity contribution in [3.05, 3.63) is 93.3 Å². The lowest BCUT2D eigenvalue weighted by Crippen LogP contribution is -2.47. The summed E-state index contributed by atoms with van der Waals surface area (Å²) < 4.78 is 0. The summed E-state index contributed by atoms with van der Waals surface area (Å²) in [5, 5.41) is 14.2. The Balaban J connectivity index is 1.66. The number of aliphatic imine (C=N–C) groups is 1. The van der Waals surface area contributed by atoms with E-state index in [4.69, 9.17) is 5.73 Å². The van der Waals surface area contributed by atoms with E-state index in [1.54, 1.807) is 12.1 Å². The number of hydrogen-bond donors (Lipinski definition) is 2. The number of hydrogen-bond acceptors (Lipinski definition) is 7. The molecule has 10 nitrogen and oxygen atoms in total. The highest BCUT2D eigenvalue weighted by Crippen LogP contribution is 2.39. The summed E-state index contributed by atoms with van der Waals surface area (Å²) in [4.78, 5) is 47.5. The van der Waals surface area contributed by atoms with Crippen LogP contribution in [-0.4, -0.2) is 40.1 Å². The van der Waals surface area contributed by atoms with Crippen molar-refractivity contribution in [1.29, 1.82) is 0 Å². The molecule has 0 saturated carbocycles. The summed E-state index contributed by atoms with van der Waals surface area (Å²) in [5.74, 6) is -0.989. The van der Waals surface area contributed by atoms with Crippen molar-refractivity contribution in [2.75, 3.05) is 17.2 Å². The monoisotopic (exact) mass is 442 g/mol. The molecule has 3 N–H and O–H groups in total. The van der Waals surface area contributed by atoms with E-state index in [0.29, 0.717) is 41.1 Å². The number of benzene rings is 2. The number of nitro groups is 1. The van der Waals surface area contributed by atoms with Crippen LogP contribution in [0, 0.1) is 10.1 Å². The molecule has 0 bridgehead atoms. The number of anilines is 2. The molecule has 3 aromatic rings. The Morgan fingerprint density at radius 1 is 1.21 bits per heavy atom. The van der Waals surface area contributed by atoms with Crippen LogP contribution in [0.4, 0.5) is 17.1 Å². The fourth-order valence-corrected chi connectivity index (χ4v) is 4.17. The van der Waals surface area contributed by atoms with E-state index in [1.165, 1.54) is 35.5 Å². The highest BCUT2D eigenvalue weighted by atomic mass is 16.6. The molecule has 2 aromatic carbocycles. The maximum absolute atomic E-state index is 13.4. The van der Waals surface area contributed by atoms with Crippen LogP contribution in [0.5, 0.6) is 0 Å². The van der Waals surface area contributed by atoms with Gasteiger partial charge in [0.2, 0.25) is 6.17 Å². The summed E-state index contributed by atoms with van der Waals surface area (Å²) in [6.07, 6.45) is 2.01. The number of pyridine rings is 1. The third-order valence-electron chi connectivity index (χ3n) is 5.68. The molecule has 0 spiro atoms. The first-order chi connectivity index (χ1) is 15.9. The molecule has 0 radical (unpaired) electrons. The molecular weight excluding hydrogens is 424 g/mol. The van der Waals surface area contributed by atoms with Crippen LogP contribution in [0.15, 0.2) is 65.9 Å². The molecule has 0 aliphatic carbocycles. The quantitative estimate of drug-likeness (QED) is 0.468. The number of carbonyl (C=O) groups excluding carboxylic acids is 2. The number of nitrogens with one attached hydrogen (secondary N) is 1. The summed E-state index contributed by atoms with van der Waals surface area (Å²) in [6, 6.07) is 13.4. The summed E-state index contributed by atoms with van der Waals surface area (Å²) in [6.45, 7) is 0.337. The average Bonchev–Trinajstić information content (AvgIpc) is 3.21. The Labute approximate surface area is 187 Å². The van der Waals surface area contributed by atoms with Crippen LogP contribution in [0.2, 0.25) is 0 Å². The van der Waals surface area contributed by atoms with E-state index in [2.05, 4.69) is 15.3 Å². The van der Waals surface area contributed by atoms with Gasteiger partial charge >= 0.3 is 0 Å². The average molecular weight is 442 g/mol. The molecule has 164 valence electrons. The highest BCUT2D eigenvalue weighted by molar-refractivity contribution is 6.21. The molecule has 10 heteroatoms. The zero-order valence-electron chi connectivity index (χ0n) is 17.3. The predicted octanol–water partition coefficient (Wildman–Crippen LogP) is 2.07. The number of nitro benzene ring substituents is 1. The van der Waals surface area contributed by atoms with Crippen molar-refractivity contribution in [2.24, 2.45) is 4.99 Å². The van der Waals surface area contributed by atoms with Gasteiger partial charge in [0.05, 0.1) is 33.8 Å². The Morgan fingerprint density at radius 3 is 2.73 bits per heavy atom. The standard InChI is InChI=1S/C23H18N6O4/c24-18-12-25-8-6-16(18)22(30)27-21-23(31)28-9-7-14-10-15(29(32)33)11-17(20(14)28)19(26-21)13-4-2-1-3-5-13/h1-6,8,10-12,21H,7,9,24H2,(H,27,30)/t21-/m0/s1. The van der Waals surface area contributed by atoms with Crippen LogP contribution in [0.3, 0.4) is 0 Å². The first kappa shape index (κ1) is 20.3. The minimum absolute atomic E-state index is 0.0753. The Bertz CT molecular complexity index is 1340. The Hall–Kier alpha value is -4.60. The predicted molar refractivity (Wildman–Crippen MR) is 121 cm³/mol. The van der Waals surface area contributed by atoms with Gasteiger partial charge in [0, 0.05) is 36.0 Å². The number of rotatable bonds is 4. The van der Waals surface area contributed by atoms with Gasteiger partial charge in [-0.25, -0.2) is 4.99 Å². The lowest BCUT2D eigenvalue weighted by atomic mass is 9.97. The summed E-state index contributed by atoms with van der Waals surface area (Å²) in [7, 11) is 0. The van der Waals surface area contributed by atoms with Crippen molar-refractivity contribution in [2.45, 2.75) is 12.6 Å². The third kappa shape index (κ3) is 3.47. The van der Waals surface area contributed by atoms with E-state index in [9.17, 15) is 19.7 Å². The van der Waals surface area contributed by atoms with E-state index in [0.717, 1.165) is 0 Å². The molecule has 1 aromatic heterocycles. The lowest BCUT2D eigenvalue weighted by Gasteiger charge is -2.21. The maximum atomic E-state index is 13.4. The van der Waals surface area contributed by atoms with E-state index in [-0.39, 0.29) is 16.9 Å². The number of nitrogens with zero attached hydrogens (tertiary/aromatic N) is 4. The fraction of sp³-hybridized carbons (Fsp3) is 0.130. The van der Waals surface area contributed by atoms with Gasteiger partial charge < -0.3 is 16.0 Å². The molecular formula is C23H18N6O4. The first-order valence-corrected chi connectivity index (χ1v) is 10.2. The molecule has 0 saturated heterocycles. The van der Waals surface area contributed by atoms with Crippen LogP contribution >= 0.6 is 0 Å². The number of non-ortho nitro benzene ring substituents is 1. The topological polar surface area (TPSA) is 144 Å². The van der Waals surface area contributed by atoms with Gasteiger partial charge in [-0.3, -0.25) is 24.7 Å². The van der Waals surface area contributed by atoms with Gasteiger partial charge in [-0.2, -0.15) is 0 Å². The Morgan fingerprint density at radius 2 is 2.00 bits per heavy atom. The minimum atomic E-state index is -1.24. The van der Waals surface area contributed by atoms with Gasteiger partial charge in [-0.05, 0) is 18.1 Å². The van der Waals surface area contributed by atoms with Crippen molar-refractivity contribution in [3.63, 3.8) is 0 Å². The van der Waals surface area contributed by atoms with Crippen LogP contribution in [0.25, 0.3) is 0 Å². The normalized spacial score (nSPS) is 16.6. The smallest absolute Gasteiger partial charge is 0.272 e. The second kappa shape index (κ2) is 7.83. The second-order valence-corrected chi connectivity index (χ2v) is 7.68. The molecule has 0 fully saturated rings. The summed E-state index contributed by atoms with van der Waals surface area (Å²) in [5.41, 5.74) is 8.97. The van der Waals surface area contributed by atoms with Crippen LogP contribution in [0.1, 0.15) is 27.0 Å². The van der Waals surface area contributed by atoms with Crippen molar-refractivity contribution in [3.8, 4) is 0 Å². The fourth-order valence-electron chi connectivity index (χ4n) is 4.17. The van der Waals surface area contributed by atoms with Crippen molar-refractivity contribution < 1.29 is 14.5 Å². The first-order valence-electron chi connectivity index (χ1n) is 10.2. The van der Waals surface area contributed by atoms with E-state index in [1.807, 2.05) is 18.2 Å². The molecule has 2 amide bonds. The molecule has 0 unspecified atom stereocenters. The molecule has 3 heterocycles. The van der Waals surface area contributed by atoms with Crippen molar-refractivity contribution >= 4 is 34.6 Å². The van der Waals surface area contributed by atoms with Crippen LogP contribution < -0.4 is 16.0 Å². The number of carbonyl (C=O) groups is 2. The lowest BCUT2D eigenvalue weighted by molar-refractivity contribution is -0.384. The summed E-state index contributed by atoms with van der Waals surface area (Å²) >= 11 is 0. The minimum Gasteiger partial charge on any atom is -0.397 e. The molecule has 5 rings (SSSR count).